The van der Waals surface area contributed by atoms with Crippen molar-refractivity contribution < 1.29 is 39.9 Å². The van der Waals surface area contributed by atoms with Gasteiger partial charge in [0.2, 0.25) is 11.8 Å². The second-order valence-electron chi connectivity index (χ2n) is 7.70. The van der Waals surface area contributed by atoms with Crippen LogP contribution < -0.4 is 10.6 Å². The number of piperazine rings is 1. The fraction of sp³-hybridized carbons (Fsp3) is 0.609. The minimum absolute atomic E-state index is 0. The summed E-state index contributed by atoms with van der Waals surface area (Å²) in [6.07, 6.45) is 10.2. The molecule has 31 heavy (non-hydrogen) atoms. The predicted octanol–water partition coefficient (Wildman–Crippen LogP) is 1.82. The van der Waals surface area contributed by atoms with E-state index in [4.69, 9.17) is 0 Å². The number of carbonyl (C=O) groups excluding carboxylic acids is 3. The summed E-state index contributed by atoms with van der Waals surface area (Å²) in [5.41, 5.74) is 0.350. The number of rotatable bonds is 4. The summed E-state index contributed by atoms with van der Waals surface area (Å²) in [6, 6.07) is -0.663. The molecule has 2 saturated heterocycles. The minimum atomic E-state index is -0.663. The summed E-state index contributed by atoms with van der Waals surface area (Å²) < 4.78 is 1.20. The first-order valence-corrected chi connectivity index (χ1v) is 10.7. The molecule has 0 bridgehead atoms. The molecule has 2 heterocycles. The third kappa shape index (κ3) is 13.5. The van der Waals surface area contributed by atoms with Gasteiger partial charge in [0.1, 0.15) is 6.04 Å². The number of amides is 3. The molecule has 1 unspecified atom stereocenters. The summed E-state index contributed by atoms with van der Waals surface area (Å²) in [5.74, 6) is -1.14. The van der Waals surface area contributed by atoms with Gasteiger partial charge in [-0.1, -0.05) is 33.3 Å². The van der Waals surface area contributed by atoms with Gasteiger partial charge in [-0.05, 0) is 13.5 Å². The number of imide groups is 1. The van der Waals surface area contributed by atoms with E-state index in [1.54, 1.807) is 25.2 Å². The van der Waals surface area contributed by atoms with E-state index in [2.05, 4.69) is 42.8 Å². The molecule has 0 saturated carbocycles. The fourth-order valence-electron chi connectivity index (χ4n) is 2.69. The molecule has 8 heteroatoms. The maximum absolute atomic E-state index is 11.9. The largest absolute Gasteiger partial charge is 0.381 e. The average molecular weight is 604 g/mol. The van der Waals surface area contributed by atoms with Crippen molar-refractivity contribution in [1.82, 2.24) is 15.5 Å². The quantitative estimate of drug-likeness (QED) is 0.169. The van der Waals surface area contributed by atoms with Gasteiger partial charge in [0.05, 0.1) is 27.2 Å². The predicted molar refractivity (Wildman–Crippen MR) is 121 cm³/mol. The molecule has 0 radical (unpaired) electrons. The van der Waals surface area contributed by atoms with Crippen LogP contribution in [0.1, 0.15) is 40.5 Å². The first-order chi connectivity index (χ1) is 14.2. The van der Waals surface area contributed by atoms with Crippen molar-refractivity contribution in [2.45, 2.75) is 46.6 Å². The zero-order chi connectivity index (χ0) is 23.2. The van der Waals surface area contributed by atoms with Crippen LogP contribution in [0.5, 0.6) is 0 Å². The Morgan fingerprint density at radius 2 is 1.77 bits per heavy atom. The molecule has 2 aliphatic rings. The van der Waals surface area contributed by atoms with Gasteiger partial charge in [-0.2, -0.15) is 6.08 Å². The van der Waals surface area contributed by atoms with Crippen molar-refractivity contribution in [2.75, 3.05) is 47.3 Å². The average Bonchev–Trinajstić information content (AvgIpc) is 2.72. The van der Waals surface area contributed by atoms with Crippen LogP contribution in [0.15, 0.2) is 29.9 Å². The van der Waals surface area contributed by atoms with Gasteiger partial charge in [0, 0.05) is 40.6 Å². The Balaban J connectivity index is 0. The number of nitrogens with one attached hydrogen (secondary N) is 2. The maximum atomic E-state index is 11.9. The molecule has 2 rings (SSSR count). The molecule has 176 valence electrons. The molecule has 2 fully saturated rings. The Bertz CT molecular complexity index is 647. The zero-order valence-corrected chi connectivity index (χ0v) is 23.1. The van der Waals surface area contributed by atoms with Crippen LogP contribution in [-0.4, -0.2) is 80.5 Å². The van der Waals surface area contributed by atoms with Gasteiger partial charge in [0.25, 0.3) is 0 Å². The number of likely N-dealkylation sites (N-methyl/N-ethyl adjacent to an activating group) is 2. The number of allylic oxidation sites excluding steroid dienone is 4. The summed E-state index contributed by atoms with van der Waals surface area (Å²) in [5, 5.41) is 4.78. The molecule has 0 spiro atoms. The molecule has 0 aromatic carbocycles. The monoisotopic (exact) mass is 604 g/mol. The van der Waals surface area contributed by atoms with E-state index in [0.29, 0.717) is 12.0 Å². The number of nitrogens with zero attached hydrogens (tertiary/aromatic N) is 2. The summed E-state index contributed by atoms with van der Waals surface area (Å²) in [7, 11) is 6.79. The Hall–Kier alpha value is -1.56. The number of hydrogen-bond donors (Lipinski definition) is 2. The number of quaternary nitrogens is 1. The second kappa shape index (κ2) is 17.0. The van der Waals surface area contributed by atoms with E-state index < -0.39 is 11.9 Å². The third-order valence-electron chi connectivity index (χ3n) is 4.78. The molecule has 1 atom stereocenters. The summed E-state index contributed by atoms with van der Waals surface area (Å²) in [6.45, 7) is 12.7. The van der Waals surface area contributed by atoms with Crippen LogP contribution in [0.4, 0.5) is 0 Å². The van der Waals surface area contributed by atoms with E-state index in [1.807, 2.05) is 26.8 Å². The molecule has 2 N–H and O–H groups in total. The standard InChI is InChI=1S/C14H17N2O3.C7H17N2.C2H6.W/c1-3-5-6-7-10(4-2)13(18)15-11-8-9-12(17)16-14(11)19;1-8-4-6-9(2,3)7-5-8;1-2;/h3-6,11H,8-9H2,1-2H3,(H,15,18)(H,16,17,19);4-7H2,1-3H3;1-2H3;/q-1;+1;;/b5-3-,10-4+;;;. The van der Waals surface area contributed by atoms with Gasteiger partial charge >= 0.3 is 0 Å². The van der Waals surface area contributed by atoms with Crippen LogP contribution in [0, 0.1) is 6.08 Å². The van der Waals surface area contributed by atoms with Crippen LogP contribution in [-0.2, 0) is 35.4 Å². The van der Waals surface area contributed by atoms with E-state index in [0.717, 1.165) is 0 Å². The molecule has 0 aromatic heterocycles. The van der Waals surface area contributed by atoms with Gasteiger partial charge < -0.3 is 14.6 Å². The first-order valence-electron chi connectivity index (χ1n) is 10.7. The molecular formula is C23H40N4O3W. The molecule has 0 aliphatic carbocycles. The Labute approximate surface area is 202 Å². The molecule has 2 aliphatic heterocycles. The normalized spacial score (nSPS) is 21.3. The van der Waals surface area contributed by atoms with Crippen LogP contribution in [0.3, 0.4) is 0 Å². The van der Waals surface area contributed by atoms with E-state index in [9.17, 15) is 14.4 Å². The number of carbonyl (C=O) groups is 3. The molecule has 3 amide bonds. The van der Waals surface area contributed by atoms with Crippen molar-refractivity contribution in [3.8, 4) is 0 Å². The van der Waals surface area contributed by atoms with Crippen LogP contribution >= 0.6 is 0 Å². The van der Waals surface area contributed by atoms with Gasteiger partial charge in [-0.25, -0.2) is 0 Å². The molecule has 0 aromatic rings. The SMILES string of the molecule is CC.CN1CC[N+](C)(C)CC1.C\C=C/C=[C-]\C(=C/C)C(=O)NC1CCC(=O)NC1=O.[W]. The van der Waals surface area contributed by atoms with E-state index in [-0.39, 0.29) is 39.3 Å². The Morgan fingerprint density at radius 1 is 1.19 bits per heavy atom. The molecule has 7 nitrogen and oxygen atoms in total. The topological polar surface area (TPSA) is 78.5 Å². The fourth-order valence-corrected chi connectivity index (χ4v) is 2.69. The zero-order valence-electron chi connectivity index (χ0n) is 20.2. The summed E-state index contributed by atoms with van der Waals surface area (Å²) in [4.78, 5) is 36.8. The van der Waals surface area contributed by atoms with Crippen molar-refractivity contribution in [2.24, 2.45) is 0 Å². The van der Waals surface area contributed by atoms with Gasteiger partial charge in [-0.3, -0.25) is 19.8 Å². The van der Waals surface area contributed by atoms with Gasteiger partial charge in [-0.15, -0.1) is 24.3 Å². The van der Waals surface area contributed by atoms with Gasteiger partial charge in [0.15, 0.2) is 5.91 Å². The third-order valence-corrected chi connectivity index (χ3v) is 4.78. The van der Waals surface area contributed by atoms with E-state index >= 15 is 0 Å². The Kier molecular flexibility index (Phi) is 17.4. The van der Waals surface area contributed by atoms with Crippen LogP contribution in [0.25, 0.3) is 0 Å². The minimum Gasteiger partial charge on any atom is -0.381 e. The second-order valence-corrected chi connectivity index (χ2v) is 7.70. The van der Waals surface area contributed by atoms with E-state index in [1.165, 1.54) is 30.7 Å². The van der Waals surface area contributed by atoms with Crippen molar-refractivity contribution in [3.05, 3.63) is 36.0 Å². The number of piperidine rings is 1. The molecular weight excluding hydrogens is 564 g/mol. The van der Waals surface area contributed by atoms with Crippen molar-refractivity contribution >= 4 is 17.7 Å². The van der Waals surface area contributed by atoms with Crippen molar-refractivity contribution in [1.29, 1.82) is 0 Å². The number of hydrogen-bond acceptors (Lipinski definition) is 4. The summed E-state index contributed by atoms with van der Waals surface area (Å²) >= 11 is 0. The van der Waals surface area contributed by atoms with Crippen LogP contribution in [0.2, 0.25) is 0 Å². The van der Waals surface area contributed by atoms with Crippen molar-refractivity contribution in [3.63, 3.8) is 0 Å². The maximum Gasteiger partial charge on any atom is 0.248 e. The first kappa shape index (κ1) is 31.6. The smallest absolute Gasteiger partial charge is 0.248 e. The Morgan fingerprint density at radius 3 is 2.23 bits per heavy atom.